The lowest BCUT2D eigenvalue weighted by Gasteiger charge is -2.14. The molecule has 0 bridgehead atoms. The van der Waals surface area contributed by atoms with Gasteiger partial charge in [0.15, 0.2) is 0 Å². The van der Waals surface area contributed by atoms with Gasteiger partial charge >= 0.3 is 0 Å². The van der Waals surface area contributed by atoms with E-state index >= 15 is 0 Å². The van der Waals surface area contributed by atoms with Crippen molar-refractivity contribution in [3.05, 3.63) is 58.9 Å². The highest BCUT2D eigenvalue weighted by Gasteiger charge is 2.05. The van der Waals surface area contributed by atoms with Crippen molar-refractivity contribution in [1.29, 1.82) is 0 Å². The quantitative estimate of drug-likeness (QED) is 0.861. The summed E-state index contributed by atoms with van der Waals surface area (Å²) < 4.78 is 2.18. The molecule has 1 heterocycles. The minimum Gasteiger partial charge on any atom is -0.354 e. The second kappa shape index (κ2) is 6.07. The lowest BCUT2D eigenvalue weighted by atomic mass is 10.1. The maximum Gasteiger partial charge on any atom is 0.0409 e. The number of hydrogen-bond donors (Lipinski definition) is 1. The summed E-state index contributed by atoms with van der Waals surface area (Å²) in [5, 5.41) is 4.30. The predicted octanol–water partition coefficient (Wildman–Crippen LogP) is 4.01. The van der Waals surface area contributed by atoms with Gasteiger partial charge in [-0.1, -0.05) is 23.7 Å². The van der Waals surface area contributed by atoms with Gasteiger partial charge in [-0.3, -0.25) is 0 Å². The number of hydrogen-bond acceptors (Lipinski definition) is 1. The molecule has 18 heavy (non-hydrogen) atoms. The normalized spacial score (nSPS) is 12.6. The lowest BCUT2D eigenvalue weighted by molar-refractivity contribution is 0.574. The smallest absolute Gasteiger partial charge is 0.0409 e. The first-order chi connectivity index (χ1) is 8.69. The highest BCUT2D eigenvalue weighted by atomic mass is 35.5. The molecule has 1 atom stereocenters. The number of nitrogens with zero attached hydrogens (tertiary/aromatic N) is 1. The van der Waals surface area contributed by atoms with E-state index in [9.17, 15) is 0 Å². The third-order valence-electron chi connectivity index (χ3n) is 3.14. The SMILES string of the molecule is CCn1ccc(CN[C@H](C)c2cccc(Cl)c2)c1. The van der Waals surface area contributed by atoms with Gasteiger partial charge in [-0.25, -0.2) is 0 Å². The molecule has 1 N–H and O–H groups in total. The monoisotopic (exact) mass is 262 g/mol. The van der Waals surface area contributed by atoms with Crippen molar-refractivity contribution in [2.45, 2.75) is 33.0 Å². The van der Waals surface area contributed by atoms with Crippen LogP contribution in [0.25, 0.3) is 0 Å². The second-order valence-corrected chi connectivity index (χ2v) is 4.94. The fraction of sp³-hybridized carbons (Fsp3) is 0.333. The summed E-state index contributed by atoms with van der Waals surface area (Å²) in [6.45, 7) is 6.19. The van der Waals surface area contributed by atoms with Crippen LogP contribution in [0.1, 0.15) is 31.0 Å². The molecule has 0 amide bonds. The Hall–Kier alpha value is -1.25. The minimum absolute atomic E-state index is 0.300. The van der Waals surface area contributed by atoms with Crippen molar-refractivity contribution in [3.63, 3.8) is 0 Å². The first-order valence-corrected chi connectivity index (χ1v) is 6.70. The summed E-state index contributed by atoms with van der Waals surface area (Å²) in [6.07, 6.45) is 4.29. The standard InChI is InChI=1S/C15H19ClN2/c1-3-18-8-7-13(11-18)10-17-12(2)14-5-4-6-15(16)9-14/h4-9,11-12,17H,3,10H2,1-2H3/t12-/m1/s1. The van der Waals surface area contributed by atoms with E-state index in [1.807, 2.05) is 18.2 Å². The summed E-state index contributed by atoms with van der Waals surface area (Å²) in [7, 11) is 0. The maximum absolute atomic E-state index is 6.00. The molecule has 0 unspecified atom stereocenters. The maximum atomic E-state index is 6.00. The van der Waals surface area contributed by atoms with Gasteiger partial charge in [0.2, 0.25) is 0 Å². The van der Waals surface area contributed by atoms with Gasteiger partial charge in [0.25, 0.3) is 0 Å². The van der Waals surface area contributed by atoms with Gasteiger partial charge in [-0.05, 0) is 43.2 Å². The molecule has 0 radical (unpaired) electrons. The number of aryl methyl sites for hydroxylation is 1. The summed E-state index contributed by atoms with van der Waals surface area (Å²) in [5.74, 6) is 0. The van der Waals surface area contributed by atoms with Crippen molar-refractivity contribution in [1.82, 2.24) is 9.88 Å². The van der Waals surface area contributed by atoms with Crippen LogP contribution in [-0.4, -0.2) is 4.57 Å². The zero-order chi connectivity index (χ0) is 13.0. The molecule has 0 saturated heterocycles. The molecule has 1 aromatic heterocycles. The summed E-state index contributed by atoms with van der Waals surface area (Å²) >= 11 is 6.00. The van der Waals surface area contributed by atoms with E-state index in [-0.39, 0.29) is 0 Å². The molecule has 0 aliphatic rings. The van der Waals surface area contributed by atoms with Crippen molar-refractivity contribution >= 4 is 11.6 Å². The Balaban J connectivity index is 1.93. The molecule has 96 valence electrons. The van der Waals surface area contributed by atoms with Crippen LogP contribution in [0.5, 0.6) is 0 Å². The van der Waals surface area contributed by atoms with Gasteiger partial charge in [-0.15, -0.1) is 0 Å². The fourth-order valence-electron chi connectivity index (χ4n) is 1.96. The highest BCUT2D eigenvalue weighted by molar-refractivity contribution is 6.30. The van der Waals surface area contributed by atoms with E-state index in [1.54, 1.807) is 0 Å². The first kappa shape index (κ1) is 13.2. The van der Waals surface area contributed by atoms with Gasteiger partial charge < -0.3 is 9.88 Å². The topological polar surface area (TPSA) is 17.0 Å². The Morgan fingerprint density at radius 3 is 2.83 bits per heavy atom. The second-order valence-electron chi connectivity index (χ2n) is 4.51. The van der Waals surface area contributed by atoms with Crippen molar-refractivity contribution in [3.8, 4) is 0 Å². The number of nitrogens with one attached hydrogen (secondary N) is 1. The predicted molar refractivity (Wildman–Crippen MR) is 76.8 cm³/mol. The Bertz CT molecular complexity index is 505. The molecule has 0 spiro atoms. The van der Waals surface area contributed by atoms with Crippen LogP contribution in [-0.2, 0) is 13.1 Å². The average molecular weight is 263 g/mol. The molecule has 2 nitrogen and oxygen atoms in total. The number of aromatic nitrogens is 1. The van der Waals surface area contributed by atoms with Gasteiger partial charge in [-0.2, -0.15) is 0 Å². The van der Waals surface area contributed by atoms with Crippen LogP contribution in [0.4, 0.5) is 0 Å². The minimum atomic E-state index is 0.300. The highest BCUT2D eigenvalue weighted by Crippen LogP contribution is 2.17. The third-order valence-corrected chi connectivity index (χ3v) is 3.37. The van der Waals surface area contributed by atoms with Crippen LogP contribution in [0.3, 0.4) is 0 Å². The Labute approximate surface area is 114 Å². The largest absolute Gasteiger partial charge is 0.354 e. The van der Waals surface area contributed by atoms with Crippen molar-refractivity contribution in [2.24, 2.45) is 0 Å². The molecule has 3 heteroatoms. The zero-order valence-electron chi connectivity index (χ0n) is 10.9. The Morgan fingerprint density at radius 1 is 1.33 bits per heavy atom. The average Bonchev–Trinajstić information content (AvgIpc) is 2.84. The summed E-state index contributed by atoms with van der Waals surface area (Å²) in [5.41, 5.74) is 2.53. The van der Waals surface area contributed by atoms with Crippen LogP contribution in [0.15, 0.2) is 42.7 Å². The molecule has 2 rings (SSSR count). The Morgan fingerprint density at radius 2 is 2.17 bits per heavy atom. The van der Waals surface area contributed by atoms with Gasteiger partial charge in [0, 0.05) is 36.5 Å². The molecule has 2 aromatic rings. The molecule has 1 aromatic carbocycles. The van der Waals surface area contributed by atoms with E-state index in [0.717, 1.165) is 18.1 Å². The Kier molecular flexibility index (Phi) is 4.45. The van der Waals surface area contributed by atoms with Gasteiger partial charge in [0.05, 0.1) is 0 Å². The van der Waals surface area contributed by atoms with E-state index < -0.39 is 0 Å². The number of benzene rings is 1. The summed E-state index contributed by atoms with van der Waals surface area (Å²) in [6, 6.07) is 10.5. The van der Waals surface area contributed by atoms with Gasteiger partial charge in [0.1, 0.15) is 0 Å². The molecule has 0 fully saturated rings. The first-order valence-electron chi connectivity index (χ1n) is 6.32. The van der Waals surface area contributed by atoms with E-state index in [1.165, 1.54) is 11.1 Å². The zero-order valence-corrected chi connectivity index (χ0v) is 11.6. The molecular formula is C15H19ClN2. The van der Waals surface area contributed by atoms with E-state index in [4.69, 9.17) is 11.6 Å². The fourth-order valence-corrected chi connectivity index (χ4v) is 2.16. The van der Waals surface area contributed by atoms with Crippen LogP contribution in [0.2, 0.25) is 5.02 Å². The van der Waals surface area contributed by atoms with Crippen LogP contribution < -0.4 is 5.32 Å². The van der Waals surface area contributed by atoms with E-state index in [0.29, 0.717) is 6.04 Å². The van der Waals surface area contributed by atoms with Crippen molar-refractivity contribution in [2.75, 3.05) is 0 Å². The van der Waals surface area contributed by atoms with Crippen LogP contribution >= 0.6 is 11.6 Å². The number of rotatable bonds is 5. The third kappa shape index (κ3) is 3.37. The van der Waals surface area contributed by atoms with Crippen LogP contribution in [0, 0.1) is 0 Å². The molecule has 0 aliphatic carbocycles. The molecule has 0 aliphatic heterocycles. The summed E-state index contributed by atoms with van der Waals surface area (Å²) in [4.78, 5) is 0. The molecular weight excluding hydrogens is 244 g/mol. The lowest BCUT2D eigenvalue weighted by Crippen LogP contribution is -2.17. The number of halogens is 1. The van der Waals surface area contributed by atoms with Crippen molar-refractivity contribution < 1.29 is 0 Å². The molecule has 0 saturated carbocycles. The van der Waals surface area contributed by atoms with E-state index in [2.05, 4.69) is 48.3 Å².